The predicted octanol–water partition coefficient (Wildman–Crippen LogP) is 2.73. The Morgan fingerprint density at radius 1 is 1.00 bits per heavy atom. The summed E-state index contributed by atoms with van der Waals surface area (Å²) in [6, 6.07) is 14.5. The number of aromatic nitrogens is 3. The van der Waals surface area contributed by atoms with Crippen LogP contribution in [0.25, 0.3) is 0 Å². The number of ether oxygens (including phenoxy) is 4. The fourth-order valence-electron chi connectivity index (χ4n) is 5.08. The summed E-state index contributed by atoms with van der Waals surface area (Å²) in [6.07, 6.45) is 1.84. The molecule has 0 amide bonds. The van der Waals surface area contributed by atoms with Gasteiger partial charge < -0.3 is 24.7 Å². The maximum absolute atomic E-state index is 13.3. The first-order chi connectivity index (χ1) is 17.9. The van der Waals surface area contributed by atoms with E-state index in [4.69, 9.17) is 24.7 Å². The average Bonchev–Trinajstić information content (AvgIpc) is 3.35. The van der Waals surface area contributed by atoms with Crippen molar-refractivity contribution in [2.24, 2.45) is 23.5 Å². The molecule has 10 nitrogen and oxygen atoms in total. The highest BCUT2D eigenvalue weighted by Crippen LogP contribution is 2.65. The van der Waals surface area contributed by atoms with Crippen LogP contribution in [0, 0.1) is 17.8 Å². The van der Waals surface area contributed by atoms with Crippen molar-refractivity contribution in [1.82, 2.24) is 15.2 Å². The highest BCUT2D eigenvalue weighted by Gasteiger charge is 2.74. The van der Waals surface area contributed by atoms with Crippen LogP contribution in [0.15, 0.2) is 60.0 Å². The third-order valence-electron chi connectivity index (χ3n) is 7.01. The van der Waals surface area contributed by atoms with Crippen LogP contribution in [-0.2, 0) is 32.3 Å². The van der Waals surface area contributed by atoms with Gasteiger partial charge in [-0.2, -0.15) is 0 Å². The molecular formula is C26H28N4O6S. The molecule has 3 N–H and O–H groups in total. The summed E-state index contributed by atoms with van der Waals surface area (Å²) < 4.78 is 21.6. The summed E-state index contributed by atoms with van der Waals surface area (Å²) in [5.74, 6) is -0.474. The minimum Gasteiger partial charge on any atom is -0.497 e. The minimum absolute atomic E-state index is 0.0739. The van der Waals surface area contributed by atoms with E-state index in [0.717, 1.165) is 16.9 Å². The lowest BCUT2D eigenvalue weighted by molar-refractivity contribution is -0.153. The van der Waals surface area contributed by atoms with E-state index in [1.165, 1.54) is 18.1 Å². The Kier molecular flexibility index (Phi) is 7.07. The molecule has 3 aromatic rings. The molecule has 2 saturated carbocycles. The number of nitrogens with two attached hydrogens (primary N) is 1. The quantitative estimate of drug-likeness (QED) is 0.381. The van der Waals surface area contributed by atoms with Gasteiger partial charge in [0.15, 0.2) is 0 Å². The molecule has 37 heavy (non-hydrogen) atoms. The van der Waals surface area contributed by atoms with Gasteiger partial charge in [-0.3, -0.25) is 14.7 Å². The number of nitrogens with zero attached hydrogens (tertiary/aromatic N) is 2. The molecule has 2 aliphatic carbocycles. The number of carbonyl (C=O) groups is 2. The molecule has 11 heteroatoms. The van der Waals surface area contributed by atoms with Gasteiger partial charge in [0.2, 0.25) is 5.16 Å². The number of carbonyl (C=O) groups excluding carboxylic acids is 2. The molecule has 2 fully saturated rings. The van der Waals surface area contributed by atoms with Crippen LogP contribution >= 0.6 is 11.8 Å². The predicted molar refractivity (Wildman–Crippen MR) is 134 cm³/mol. The first-order valence-electron chi connectivity index (χ1n) is 11.8. The van der Waals surface area contributed by atoms with Crippen LogP contribution in [0.3, 0.4) is 0 Å². The Morgan fingerprint density at radius 3 is 2.14 bits per heavy atom. The molecule has 0 saturated heterocycles. The number of fused-ring (bicyclic) bond motifs is 1. The van der Waals surface area contributed by atoms with E-state index < -0.39 is 17.4 Å². The molecule has 0 unspecified atom stereocenters. The Balaban J connectivity index is 1.27. The number of hydrogen-bond acceptors (Lipinski definition) is 10. The van der Waals surface area contributed by atoms with Crippen LogP contribution < -0.4 is 15.2 Å². The topological polar surface area (TPSA) is 139 Å². The van der Waals surface area contributed by atoms with Crippen molar-refractivity contribution >= 4 is 23.7 Å². The molecular weight excluding hydrogens is 496 g/mol. The van der Waals surface area contributed by atoms with E-state index in [2.05, 4.69) is 15.2 Å². The molecule has 0 aliphatic heterocycles. The van der Waals surface area contributed by atoms with E-state index in [-0.39, 0.29) is 36.3 Å². The smallest absolute Gasteiger partial charge is 0.326 e. The second-order valence-corrected chi connectivity index (χ2v) is 10.4. The van der Waals surface area contributed by atoms with E-state index >= 15 is 0 Å². The fraction of sp³-hybridized carbons (Fsp3) is 0.385. The van der Waals surface area contributed by atoms with Gasteiger partial charge in [0.25, 0.3) is 0 Å². The van der Waals surface area contributed by atoms with Gasteiger partial charge in [0.1, 0.15) is 36.6 Å². The van der Waals surface area contributed by atoms with Crippen LogP contribution in [0.2, 0.25) is 0 Å². The van der Waals surface area contributed by atoms with Gasteiger partial charge in [0, 0.05) is 11.2 Å². The number of rotatable bonds is 10. The van der Waals surface area contributed by atoms with Crippen LogP contribution in [0.1, 0.15) is 17.5 Å². The number of methoxy groups -OCH3 is 2. The van der Waals surface area contributed by atoms with E-state index in [1.54, 1.807) is 26.4 Å². The summed E-state index contributed by atoms with van der Waals surface area (Å²) in [5.41, 5.74) is 7.04. The van der Waals surface area contributed by atoms with Crippen LogP contribution in [0.5, 0.6) is 11.5 Å². The number of aromatic amines is 1. The molecule has 0 radical (unpaired) electrons. The van der Waals surface area contributed by atoms with E-state index in [1.807, 2.05) is 36.4 Å². The van der Waals surface area contributed by atoms with Gasteiger partial charge in [-0.15, -0.1) is 5.10 Å². The Bertz CT molecular complexity index is 1240. The molecule has 5 atom stereocenters. The number of H-pyrrole nitrogens is 1. The summed E-state index contributed by atoms with van der Waals surface area (Å²) >= 11 is 1.41. The SMILES string of the molecule is COc1ccc(COC(=O)[C@H]2[C@H]3[C@@H]2[C@](N)(C(=O)OCc2ccc(OC)cc2)C[C@@H]3Sc2nc[nH]n2)cc1. The Labute approximate surface area is 218 Å². The summed E-state index contributed by atoms with van der Waals surface area (Å²) in [4.78, 5) is 30.6. The zero-order valence-electron chi connectivity index (χ0n) is 20.5. The van der Waals surface area contributed by atoms with Crippen molar-refractivity contribution in [1.29, 1.82) is 0 Å². The molecule has 0 bridgehead atoms. The minimum atomic E-state index is -1.31. The summed E-state index contributed by atoms with van der Waals surface area (Å²) in [5, 5.41) is 7.21. The zero-order chi connectivity index (χ0) is 26.0. The van der Waals surface area contributed by atoms with Crippen molar-refractivity contribution in [3.05, 3.63) is 66.0 Å². The molecule has 194 valence electrons. The van der Waals surface area contributed by atoms with Crippen molar-refractivity contribution in [2.45, 2.75) is 35.6 Å². The molecule has 1 heterocycles. The second kappa shape index (κ2) is 10.4. The number of benzene rings is 2. The van der Waals surface area contributed by atoms with Crippen molar-refractivity contribution < 1.29 is 28.5 Å². The molecule has 2 aromatic carbocycles. The molecule has 2 aliphatic rings. The molecule has 5 rings (SSSR count). The maximum atomic E-state index is 13.3. The Morgan fingerprint density at radius 2 is 1.59 bits per heavy atom. The van der Waals surface area contributed by atoms with E-state index in [9.17, 15) is 9.59 Å². The first-order valence-corrected chi connectivity index (χ1v) is 12.7. The third-order valence-corrected chi connectivity index (χ3v) is 8.20. The Hall–Kier alpha value is -3.57. The van der Waals surface area contributed by atoms with Gasteiger partial charge in [-0.1, -0.05) is 36.0 Å². The van der Waals surface area contributed by atoms with Gasteiger partial charge in [0.05, 0.1) is 20.1 Å². The van der Waals surface area contributed by atoms with Gasteiger partial charge in [-0.25, -0.2) is 4.98 Å². The summed E-state index contributed by atoms with van der Waals surface area (Å²) in [6.45, 7) is 0.196. The van der Waals surface area contributed by atoms with E-state index in [0.29, 0.717) is 17.3 Å². The number of nitrogens with one attached hydrogen (secondary N) is 1. The lowest BCUT2D eigenvalue weighted by Gasteiger charge is -2.27. The number of hydrogen-bond donors (Lipinski definition) is 2. The highest BCUT2D eigenvalue weighted by molar-refractivity contribution is 7.99. The maximum Gasteiger partial charge on any atom is 0.326 e. The lowest BCUT2D eigenvalue weighted by atomic mass is 9.91. The molecule has 0 spiro atoms. The molecule has 1 aromatic heterocycles. The van der Waals surface area contributed by atoms with Gasteiger partial charge >= 0.3 is 11.9 Å². The summed E-state index contributed by atoms with van der Waals surface area (Å²) in [7, 11) is 3.18. The fourth-order valence-corrected chi connectivity index (χ4v) is 6.42. The van der Waals surface area contributed by atoms with Gasteiger partial charge in [-0.05, 0) is 47.7 Å². The first kappa shape index (κ1) is 25.1. The highest BCUT2D eigenvalue weighted by atomic mass is 32.2. The number of thioether (sulfide) groups is 1. The van der Waals surface area contributed by atoms with Crippen LogP contribution in [0.4, 0.5) is 0 Å². The van der Waals surface area contributed by atoms with Crippen molar-refractivity contribution in [3.63, 3.8) is 0 Å². The standard InChI is InChI=1S/C26H28N4O6S/c1-33-17-7-3-15(4-8-17)12-35-23(31)21-20-19(37-25-28-14-29-30-25)11-26(27,22(20)21)24(32)36-13-16-5-9-18(34-2)10-6-16/h3-10,14,19-22H,11-13,27H2,1-2H3,(H,28,29,30)/t19-,20-,21-,22-,26-/m0/s1. The second-order valence-electron chi connectivity index (χ2n) is 9.19. The third kappa shape index (κ3) is 5.14. The zero-order valence-corrected chi connectivity index (χ0v) is 21.3. The monoisotopic (exact) mass is 524 g/mol. The van der Waals surface area contributed by atoms with Crippen molar-refractivity contribution in [3.8, 4) is 11.5 Å². The van der Waals surface area contributed by atoms with Crippen molar-refractivity contribution in [2.75, 3.05) is 14.2 Å². The largest absolute Gasteiger partial charge is 0.497 e. The van der Waals surface area contributed by atoms with Crippen LogP contribution in [-0.4, -0.2) is 52.1 Å². The normalized spacial score (nSPS) is 25.7. The average molecular weight is 525 g/mol. The number of esters is 2. The lowest BCUT2D eigenvalue weighted by Crippen LogP contribution is -2.51.